The Labute approximate surface area is 129 Å². The van der Waals surface area contributed by atoms with Gasteiger partial charge in [-0.2, -0.15) is 0 Å². The van der Waals surface area contributed by atoms with Crippen LogP contribution in [0.5, 0.6) is 0 Å². The molecular formula is C18H32N2O. The van der Waals surface area contributed by atoms with Gasteiger partial charge >= 0.3 is 0 Å². The molecular weight excluding hydrogens is 260 g/mol. The van der Waals surface area contributed by atoms with Crippen LogP contribution in [0.1, 0.15) is 70.6 Å². The molecule has 120 valence electrons. The van der Waals surface area contributed by atoms with Gasteiger partial charge in [-0.3, -0.25) is 4.79 Å². The molecule has 3 nitrogen and oxygen atoms in total. The van der Waals surface area contributed by atoms with E-state index < -0.39 is 0 Å². The maximum Gasteiger partial charge on any atom is 0.223 e. The van der Waals surface area contributed by atoms with E-state index in [4.69, 9.17) is 5.73 Å². The monoisotopic (exact) mass is 292 g/mol. The smallest absolute Gasteiger partial charge is 0.223 e. The summed E-state index contributed by atoms with van der Waals surface area (Å²) in [4.78, 5) is 12.7. The van der Waals surface area contributed by atoms with Gasteiger partial charge in [0.05, 0.1) is 0 Å². The van der Waals surface area contributed by atoms with E-state index in [2.05, 4.69) is 5.32 Å². The number of hydrogen-bond acceptors (Lipinski definition) is 2. The Kier molecular flexibility index (Phi) is 5.20. The number of fused-ring (bicyclic) bond motifs is 1. The van der Waals surface area contributed by atoms with Crippen LogP contribution < -0.4 is 11.1 Å². The van der Waals surface area contributed by atoms with Gasteiger partial charge in [0.15, 0.2) is 0 Å². The molecule has 0 aliphatic heterocycles. The van der Waals surface area contributed by atoms with E-state index >= 15 is 0 Å². The summed E-state index contributed by atoms with van der Waals surface area (Å²) in [6.07, 6.45) is 14.0. The van der Waals surface area contributed by atoms with Crippen molar-refractivity contribution < 1.29 is 4.79 Å². The highest BCUT2D eigenvalue weighted by Crippen LogP contribution is 2.42. The Morgan fingerprint density at radius 2 is 1.62 bits per heavy atom. The molecule has 0 saturated heterocycles. The SMILES string of the molecule is NCC1CCCCC1NC(=O)C1CCC2CCCCC2C1. The number of nitrogens with two attached hydrogens (primary N) is 1. The van der Waals surface area contributed by atoms with Crippen LogP contribution in [0, 0.1) is 23.7 Å². The van der Waals surface area contributed by atoms with Crippen LogP contribution in [0.25, 0.3) is 0 Å². The predicted molar refractivity (Wildman–Crippen MR) is 85.7 cm³/mol. The van der Waals surface area contributed by atoms with Crippen molar-refractivity contribution >= 4 is 5.91 Å². The third-order valence-corrected chi connectivity index (χ3v) is 6.45. The molecule has 3 rings (SSSR count). The largest absolute Gasteiger partial charge is 0.353 e. The number of nitrogens with one attached hydrogen (secondary N) is 1. The normalized spacial score (nSPS) is 40.3. The van der Waals surface area contributed by atoms with Gasteiger partial charge in [-0.25, -0.2) is 0 Å². The molecule has 3 saturated carbocycles. The molecule has 3 heteroatoms. The lowest BCUT2D eigenvalue weighted by molar-refractivity contribution is -0.128. The Balaban J connectivity index is 1.53. The summed E-state index contributed by atoms with van der Waals surface area (Å²) < 4.78 is 0. The number of hydrogen-bond donors (Lipinski definition) is 2. The van der Waals surface area contributed by atoms with Crippen LogP contribution in [-0.2, 0) is 4.79 Å². The first-order valence-corrected chi connectivity index (χ1v) is 9.28. The molecule has 1 amide bonds. The van der Waals surface area contributed by atoms with Crippen molar-refractivity contribution in [3.8, 4) is 0 Å². The summed E-state index contributed by atoms with van der Waals surface area (Å²) in [6, 6.07) is 0.348. The van der Waals surface area contributed by atoms with Crippen LogP contribution in [-0.4, -0.2) is 18.5 Å². The molecule has 3 aliphatic carbocycles. The van der Waals surface area contributed by atoms with Crippen molar-refractivity contribution in [2.45, 2.75) is 76.7 Å². The summed E-state index contributed by atoms with van der Waals surface area (Å²) in [7, 11) is 0. The summed E-state index contributed by atoms with van der Waals surface area (Å²) in [5, 5.41) is 3.37. The van der Waals surface area contributed by atoms with Crippen molar-refractivity contribution in [2.24, 2.45) is 29.4 Å². The topological polar surface area (TPSA) is 55.1 Å². The number of carbonyl (C=O) groups excluding carboxylic acids is 1. The molecule has 3 fully saturated rings. The van der Waals surface area contributed by atoms with Gasteiger partial charge < -0.3 is 11.1 Å². The number of amides is 1. The molecule has 3 N–H and O–H groups in total. The van der Waals surface area contributed by atoms with Crippen LogP contribution in [0.15, 0.2) is 0 Å². The first kappa shape index (κ1) is 15.3. The maximum absolute atomic E-state index is 12.7. The minimum absolute atomic E-state index is 0.282. The van der Waals surface area contributed by atoms with Gasteiger partial charge in [0.2, 0.25) is 5.91 Å². The second-order valence-corrected chi connectivity index (χ2v) is 7.71. The van der Waals surface area contributed by atoms with Crippen LogP contribution in [0.2, 0.25) is 0 Å². The van der Waals surface area contributed by atoms with Crippen molar-refractivity contribution in [3.05, 3.63) is 0 Å². The van der Waals surface area contributed by atoms with Gasteiger partial charge in [-0.15, -0.1) is 0 Å². The quantitative estimate of drug-likeness (QED) is 0.839. The third-order valence-electron chi connectivity index (χ3n) is 6.45. The molecule has 3 aliphatic rings. The van der Waals surface area contributed by atoms with E-state index in [0.29, 0.717) is 17.9 Å². The molecule has 0 heterocycles. The zero-order chi connectivity index (χ0) is 14.7. The van der Waals surface area contributed by atoms with Gasteiger partial charge in [0, 0.05) is 12.0 Å². The van der Waals surface area contributed by atoms with E-state index in [1.807, 2.05) is 0 Å². The van der Waals surface area contributed by atoms with Crippen molar-refractivity contribution in [2.75, 3.05) is 6.54 Å². The molecule has 21 heavy (non-hydrogen) atoms. The Bertz CT molecular complexity index is 357. The molecule has 5 unspecified atom stereocenters. The standard InChI is InChI=1S/C18H32N2O/c19-12-16-7-3-4-8-17(16)20-18(21)15-10-9-13-5-1-2-6-14(13)11-15/h13-17H,1-12,19H2,(H,20,21). The third kappa shape index (κ3) is 3.61. The van der Waals surface area contributed by atoms with Crippen molar-refractivity contribution in [3.63, 3.8) is 0 Å². The van der Waals surface area contributed by atoms with Crippen LogP contribution in [0.3, 0.4) is 0 Å². The van der Waals surface area contributed by atoms with Gasteiger partial charge in [0.1, 0.15) is 0 Å². The molecule has 0 aromatic rings. The first-order chi connectivity index (χ1) is 10.3. The average Bonchev–Trinajstić information content (AvgIpc) is 2.55. The maximum atomic E-state index is 12.7. The lowest BCUT2D eigenvalue weighted by Gasteiger charge is -2.40. The lowest BCUT2D eigenvalue weighted by atomic mass is 9.67. The van der Waals surface area contributed by atoms with E-state index in [0.717, 1.165) is 37.6 Å². The highest BCUT2D eigenvalue weighted by atomic mass is 16.1. The predicted octanol–water partition coefficient (Wildman–Crippen LogP) is 3.23. The zero-order valence-corrected chi connectivity index (χ0v) is 13.4. The molecule has 5 atom stereocenters. The Morgan fingerprint density at radius 3 is 2.43 bits per heavy atom. The molecule has 0 bridgehead atoms. The van der Waals surface area contributed by atoms with E-state index in [9.17, 15) is 4.79 Å². The van der Waals surface area contributed by atoms with E-state index in [1.54, 1.807) is 0 Å². The summed E-state index contributed by atoms with van der Waals surface area (Å²) >= 11 is 0. The van der Waals surface area contributed by atoms with Crippen molar-refractivity contribution in [1.29, 1.82) is 0 Å². The van der Waals surface area contributed by atoms with E-state index in [-0.39, 0.29) is 5.92 Å². The second kappa shape index (κ2) is 7.13. The number of carbonyl (C=O) groups is 1. The van der Waals surface area contributed by atoms with Crippen LogP contribution in [0.4, 0.5) is 0 Å². The molecule has 0 aromatic heterocycles. The highest BCUT2D eigenvalue weighted by Gasteiger charge is 2.36. The first-order valence-electron chi connectivity index (χ1n) is 9.28. The van der Waals surface area contributed by atoms with Crippen LogP contribution >= 0.6 is 0 Å². The van der Waals surface area contributed by atoms with Gasteiger partial charge in [-0.1, -0.05) is 38.5 Å². The lowest BCUT2D eigenvalue weighted by Crippen LogP contribution is -2.48. The summed E-state index contributed by atoms with van der Waals surface area (Å²) in [6.45, 7) is 0.723. The average molecular weight is 292 g/mol. The van der Waals surface area contributed by atoms with Gasteiger partial charge in [-0.05, 0) is 56.4 Å². The highest BCUT2D eigenvalue weighted by molar-refractivity contribution is 5.79. The fraction of sp³-hybridized carbons (Fsp3) is 0.944. The molecule has 0 spiro atoms. The van der Waals surface area contributed by atoms with E-state index in [1.165, 1.54) is 51.4 Å². The number of rotatable bonds is 3. The van der Waals surface area contributed by atoms with Gasteiger partial charge in [0.25, 0.3) is 0 Å². The van der Waals surface area contributed by atoms with Crippen molar-refractivity contribution in [1.82, 2.24) is 5.32 Å². The Hall–Kier alpha value is -0.570. The summed E-state index contributed by atoms with van der Waals surface area (Å²) in [5.74, 6) is 2.89. The molecule has 0 radical (unpaired) electrons. The molecule has 0 aromatic carbocycles. The summed E-state index contributed by atoms with van der Waals surface area (Å²) in [5.41, 5.74) is 5.88. The fourth-order valence-electron chi connectivity index (χ4n) is 5.09. The minimum Gasteiger partial charge on any atom is -0.353 e. The minimum atomic E-state index is 0.282. The Morgan fingerprint density at radius 1 is 0.905 bits per heavy atom. The zero-order valence-electron chi connectivity index (χ0n) is 13.4. The second-order valence-electron chi connectivity index (χ2n) is 7.71. The fourth-order valence-corrected chi connectivity index (χ4v) is 5.09.